The highest BCUT2D eigenvalue weighted by atomic mass is 16.5. The Morgan fingerprint density at radius 1 is 1.47 bits per heavy atom. The Hall–Kier alpha value is -0.900. The van der Waals surface area contributed by atoms with Crippen molar-refractivity contribution in [1.29, 1.82) is 0 Å². The number of nitrogens with one attached hydrogen (secondary N) is 1. The van der Waals surface area contributed by atoms with Crippen molar-refractivity contribution in [3.05, 3.63) is 34.9 Å². The van der Waals surface area contributed by atoms with Crippen molar-refractivity contribution in [2.75, 3.05) is 6.61 Å². The molecule has 3 N–H and O–H groups in total. The second kappa shape index (κ2) is 5.63. The second-order valence-corrected chi connectivity index (χ2v) is 4.88. The molecule has 2 atom stereocenters. The van der Waals surface area contributed by atoms with Crippen molar-refractivity contribution in [3.63, 3.8) is 0 Å². The Kier molecular flexibility index (Phi) is 4.15. The van der Waals surface area contributed by atoms with Crippen LogP contribution in [0.2, 0.25) is 0 Å². The summed E-state index contributed by atoms with van der Waals surface area (Å²) in [6, 6.07) is 6.58. The van der Waals surface area contributed by atoms with Crippen LogP contribution in [0.3, 0.4) is 0 Å². The third-order valence-electron chi connectivity index (χ3n) is 3.75. The standard InChI is InChI=1S/C14H22N2O/c1-10-5-3-7-13(11(10)2)14(16-15)9-12-6-4-8-17-12/h3,5,7,12,14,16H,4,6,8-9,15H2,1-2H3. The van der Waals surface area contributed by atoms with Gasteiger partial charge < -0.3 is 4.74 Å². The predicted molar refractivity (Wildman–Crippen MR) is 69.6 cm³/mol. The maximum atomic E-state index is 5.70. The summed E-state index contributed by atoms with van der Waals surface area (Å²) in [6.07, 6.45) is 3.65. The third kappa shape index (κ3) is 2.86. The fourth-order valence-corrected chi connectivity index (χ4v) is 2.53. The molecule has 1 aliphatic rings. The van der Waals surface area contributed by atoms with Gasteiger partial charge in [-0.05, 0) is 49.8 Å². The molecule has 1 heterocycles. The van der Waals surface area contributed by atoms with E-state index in [1.165, 1.54) is 23.1 Å². The molecule has 1 aromatic carbocycles. The lowest BCUT2D eigenvalue weighted by Crippen LogP contribution is -2.31. The smallest absolute Gasteiger partial charge is 0.0594 e. The summed E-state index contributed by atoms with van der Waals surface area (Å²) in [5.41, 5.74) is 6.87. The molecule has 0 aliphatic carbocycles. The molecule has 0 bridgehead atoms. The lowest BCUT2D eigenvalue weighted by Gasteiger charge is -2.22. The van der Waals surface area contributed by atoms with Crippen molar-refractivity contribution < 1.29 is 4.74 Å². The van der Waals surface area contributed by atoms with E-state index >= 15 is 0 Å². The van der Waals surface area contributed by atoms with Gasteiger partial charge in [-0.15, -0.1) is 0 Å². The molecule has 0 saturated carbocycles. The SMILES string of the molecule is Cc1cccc(C(CC2CCCO2)NN)c1C. The largest absolute Gasteiger partial charge is 0.378 e. The average Bonchev–Trinajstić information content (AvgIpc) is 2.83. The normalized spacial score (nSPS) is 21.7. The number of rotatable bonds is 4. The number of nitrogens with two attached hydrogens (primary N) is 1. The summed E-state index contributed by atoms with van der Waals surface area (Å²) < 4.78 is 5.68. The summed E-state index contributed by atoms with van der Waals surface area (Å²) in [5.74, 6) is 5.70. The third-order valence-corrected chi connectivity index (χ3v) is 3.75. The van der Waals surface area contributed by atoms with E-state index in [0.717, 1.165) is 19.4 Å². The van der Waals surface area contributed by atoms with E-state index < -0.39 is 0 Å². The molecular weight excluding hydrogens is 212 g/mol. The minimum Gasteiger partial charge on any atom is -0.378 e. The minimum absolute atomic E-state index is 0.193. The quantitative estimate of drug-likeness (QED) is 0.621. The maximum absolute atomic E-state index is 5.70. The highest BCUT2D eigenvalue weighted by molar-refractivity contribution is 5.35. The highest BCUT2D eigenvalue weighted by Crippen LogP contribution is 2.27. The van der Waals surface area contributed by atoms with Crippen LogP contribution in [0.15, 0.2) is 18.2 Å². The van der Waals surface area contributed by atoms with E-state index in [-0.39, 0.29) is 6.04 Å². The van der Waals surface area contributed by atoms with Crippen LogP contribution in [-0.4, -0.2) is 12.7 Å². The first-order chi connectivity index (χ1) is 8.22. The van der Waals surface area contributed by atoms with Gasteiger partial charge >= 0.3 is 0 Å². The average molecular weight is 234 g/mol. The maximum Gasteiger partial charge on any atom is 0.0594 e. The first-order valence-electron chi connectivity index (χ1n) is 6.36. The Morgan fingerprint density at radius 3 is 2.94 bits per heavy atom. The van der Waals surface area contributed by atoms with Crippen molar-refractivity contribution >= 4 is 0 Å². The monoisotopic (exact) mass is 234 g/mol. The van der Waals surface area contributed by atoms with Gasteiger partial charge in [0, 0.05) is 12.6 Å². The Labute approximate surface area is 103 Å². The Bertz CT molecular complexity index is 372. The Balaban J connectivity index is 2.13. The van der Waals surface area contributed by atoms with Crippen LogP contribution in [0.25, 0.3) is 0 Å². The molecule has 1 aromatic rings. The number of hydrogen-bond acceptors (Lipinski definition) is 3. The lowest BCUT2D eigenvalue weighted by atomic mass is 9.94. The first kappa shape index (κ1) is 12.6. The van der Waals surface area contributed by atoms with Crippen LogP contribution in [0.5, 0.6) is 0 Å². The van der Waals surface area contributed by atoms with E-state index in [2.05, 4.69) is 37.5 Å². The van der Waals surface area contributed by atoms with Crippen LogP contribution in [0.1, 0.15) is 42.0 Å². The van der Waals surface area contributed by atoms with Gasteiger partial charge in [-0.25, -0.2) is 0 Å². The summed E-state index contributed by atoms with van der Waals surface area (Å²) in [7, 11) is 0. The van der Waals surface area contributed by atoms with Gasteiger partial charge in [0.05, 0.1) is 6.10 Å². The number of benzene rings is 1. The van der Waals surface area contributed by atoms with Crippen molar-refractivity contribution in [2.24, 2.45) is 5.84 Å². The molecule has 0 radical (unpaired) electrons. The van der Waals surface area contributed by atoms with E-state index in [1.807, 2.05) is 0 Å². The van der Waals surface area contributed by atoms with Gasteiger partial charge in [0.25, 0.3) is 0 Å². The molecule has 0 amide bonds. The zero-order chi connectivity index (χ0) is 12.3. The molecule has 3 nitrogen and oxygen atoms in total. The first-order valence-corrected chi connectivity index (χ1v) is 6.36. The Morgan fingerprint density at radius 2 is 2.29 bits per heavy atom. The van der Waals surface area contributed by atoms with Gasteiger partial charge in [-0.3, -0.25) is 11.3 Å². The van der Waals surface area contributed by atoms with Gasteiger partial charge in [0.2, 0.25) is 0 Å². The van der Waals surface area contributed by atoms with Crippen molar-refractivity contribution in [2.45, 2.75) is 45.3 Å². The number of hydrogen-bond donors (Lipinski definition) is 2. The fourth-order valence-electron chi connectivity index (χ4n) is 2.53. The van der Waals surface area contributed by atoms with Crippen molar-refractivity contribution in [3.8, 4) is 0 Å². The number of ether oxygens (including phenoxy) is 1. The summed E-state index contributed by atoms with van der Waals surface area (Å²) in [4.78, 5) is 0. The van der Waals surface area contributed by atoms with Crippen LogP contribution in [0, 0.1) is 13.8 Å². The summed E-state index contributed by atoms with van der Waals surface area (Å²) >= 11 is 0. The van der Waals surface area contributed by atoms with Crippen LogP contribution >= 0.6 is 0 Å². The van der Waals surface area contributed by atoms with Crippen molar-refractivity contribution in [1.82, 2.24) is 5.43 Å². The zero-order valence-electron chi connectivity index (χ0n) is 10.7. The van der Waals surface area contributed by atoms with Crippen LogP contribution < -0.4 is 11.3 Å². The minimum atomic E-state index is 0.193. The fraction of sp³-hybridized carbons (Fsp3) is 0.571. The second-order valence-electron chi connectivity index (χ2n) is 4.88. The van der Waals surface area contributed by atoms with Gasteiger partial charge in [-0.2, -0.15) is 0 Å². The van der Waals surface area contributed by atoms with E-state index in [1.54, 1.807) is 0 Å². The molecule has 1 fully saturated rings. The van der Waals surface area contributed by atoms with E-state index in [9.17, 15) is 0 Å². The van der Waals surface area contributed by atoms with Crippen LogP contribution in [-0.2, 0) is 4.74 Å². The predicted octanol–water partition coefficient (Wildman–Crippen LogP) is 2.38. The molecule has 0 spiro atoms. The molecule has 3 heteroatoms. The van der Waals surface area contributed by atoms with E-state index in [4.69, 9.17) is 10.6 Å². The summed E-state index contributed by atoms with van der Waals surface area (Å²) in [6.45, 7) is 5.19. The van der Waals surface area contributed by atoms with Crippen LogP contribution in [0.4, 0.5) is 0 Å². The molecular formula is C14H22N2O. The zero-order valence-corrected chi connectivity index (χ0v) is 10.7. The molecule has 17 heavy (non-hydrogen) atoms. The molecule has 2 rings (SSSR count). The lowest BCUT2D eigenvalue weighted by molar-refractivity contribution is 0.0945. The number of hydrazine groups is 1. The molecule has 2 unspecified atom stereocenters. The van der Waals surface area contributed by atoms with Gasteiger partial charge in [0.15, 0.2) is 0 Å². The van der Waals surface area contributed by atoms with E-state index in [0.29, 0.717) is 6.10 Å². The summed E-state index contributed by atoms with van der Waals surface area (Å²) in [5, 5.41) is 0. The molecule has 94 valence electrons. The molecule has 0 aromatic heterocycles. The molecule has 1 aliphatic heterocycles. The van der Waals surface area contributed by atoms with Gasteiger partial charge in [-0.1, -0.05) is 18.2 Å². The molecule has 1 saturated heterocycles. The number of aryl methyl sites for hydroxylation is 1. The van der Waals surface area contributed by atoms with Gasteiger partial charge in [0.1, 0.15) is 0 Å². The highest BCUT2D eigenvalue weighted by Gasteiger charge is 2.22. The topological polar surface area (TPSA) is 47.3 Å².